The van der Waals surface area contributed by atoms with Crippen molar-refractivity contribution in [2.75, 3.05) is 19.9 Å². The maximum atomic E-state index is 13.8. The van der Waals surface area contributed by atoms with Gasteiger partial charge in [-0.3, -0.25) is 9.69 Å². The van der Waals surface area contributed by atoms with E-state index in [4.69, 9.17) is 14.2 Å². The second-order valence-corrected chi connectivity index (χ2v) is 9.34. The predicted molar refractivity (Wildman–Crippen MR) is 140 cm³/mol. The fourth-order valence-electron chi connectivity index (χ4n) is 5.03. The van der Waals surface area contributed by atoms with Crippen LogP contribution in [0.15, 0.2) is 96.7 Å². The van der Waals surface area contributed by atoms with Crippen molar-refractivity contribution in [3.05, 3.63) is 113 Å². The fourth-order valence-corrected chi connectivity index (χ4v) is 5.03. The van der Waals surface area contributed by atoms with Crippen molar-refractivity contribution in [3.63, 3.8) is 0 Å². The van der Waals surface area contributed by atoms with Gasteiger partial charge < -0.3 is 24.4 Å². The standard InChI is InChI=1S/C30H27N3O5/c1-2-13-33-24-17-32(16-21-11-12-25-26(14-21)38-19-37-25)29(34)27(24)28(31-30(33)35)22-9-6-10-23(15-22)36-18-20-7-4-3-5-8-20/h2-12,14-15,28H,1,13,16-19H2,(H,31,35). The summed E-state index contributed by atoms with van der Waals surface area (Å²) in [5, 5.41) is 3.03. The highest BCUT2D eigenvalue weighted by molar-refractivity contribution is 6.01. The molecule has 3 amide bonds. The average Bonchev–Trinajstić information content (AvgIpc) is 3.54. The molecule has 1 atom stereocenters. The topological polar surface area (TPSA) is 80.3 Å². The molecular formula is C30H27N3O5. The van der Waals surface area contributed by atoms with E-state index in [0.717, 1.165) is 16.7 Å². The van der Waals surface area contributed by atoms with Crippen LogP contribution in [-0.2, 0) is 17.9 Å². The lowest BCUT2D eigenvalue weighted by atomic mass is 9.95. The summed E-state index contributed by atoms with van der Waals surface area (Å²) in [7, 11) is 0. The number of nitrogens with one attached hydrogen (secondary N) is 1. The molecule has 0 saturated heterocycles. The number of amides is 3. The van der Waals surface area contributed by atoms with Crippen LogP contribution in [0.3, 0.4) is 0 Å². The highest BCUT2D eigenvalue weighted by Gasteiger charge is 2.43. The molecule has 192 valence electrons. The van der Waals surface area contributed by atoms with Crippen LogP contribution >= 0.6 is 0 Å². The lowest BCUT2D eigenvalue weighted by molar-refractivity contribution is -0.126. The Labute approximate surface area is 220 Å². The summed E-state index contributed by atoms with van der Waals surface area (Å²) < 4.78 is 16.9. The first kappa shape index (κ1) is 23.7. The molecule has 38 heavy (non-hydrogen) atoms. The molecule has 0 aromatic heterocycles. The maximum absolute atomic E-state index is 13.8. The van der Waals surface area contributed by atoms with E-state index < -0.39 is 6.04 Å². The predicted octanol–water partition coefficient (Wildman–Crippen LogP) is 4.54. The van der Waals surface area contributed by atoms with Gasteiger partial charge in [-0.25, -0.2) is 4.79 Å². The third-order valence-electron chi connectivity index (χ3n) is 6.86. The zero-order valence-corrected chi connectivity index (χ0v) is 20.8. The molecule has 0 saturated carbocycles. The van der Waals surface area contributed by atoms with Crippen LogP contribution in [0.5, 0.6) is 17.2 Å². The molecule has 3 aromatic rings. The van der Waals surface area contributed by atoms with E-state index in [9.17, 15) is 9.59 Å². The molecule has 8 nitrogen and oxygen atoms in total. The molecule has 0 fully saturated rings. The third-order valence-corrected chi connectivity index (χ3v) is 6.86. The summed E-state index contributed by atoms with van der Waals surface area (Å²) in [4.78, 5) is 30.3. The van der Waals surface area contributed by atoms with Gasteiger partial charge >= 0.3 is 6.03 Å². The molecule has 0 radical (unpaired) electrons. The van der Waals surface area contributed by atoms with Crippen LogP contribution in [0.25, 0.3) is 0 Å². The van der Waals surface area contributed by atoms with Crippen LogP contribution in [0.1, 0.15) is 22.7 Å². The number of ether oxygens (including phenoxy) is 3. The Balaban J connectivity index is 1.27. The minimum Gasteiger partial charge on any atom is -0.489 e. The molecule has 3 aliphatic heterocycles. The summed E-state index contributed by atoms with van der Waals surface area (Å²) >= 11 is 0. The number of rotatable bonds is 8. The van der Waals surface area contributed by atoms with Gasteiger partial charge in [-0.2, -0.15) is 0 Å². The van der Waals surface area contributed by atoms with Crippen molar-refractivity contribution in [1.82, 2.24) is 15.1 Å². The normalized spacial score (nSPS) is 17.9. The molecule has 3 aromatic carbocycles. The van der Waals surface area contributed by atoms with Gasteiger partial charge in [-0.05, 0) is 41.0 Å². The maximum Gasteiger partial charge on any atom is 0.322 e. The number of hydrogen-bond donors (Lipinski definition) is 1. The fraction of sp³-hybridized carbons (Fsp3) is 0.200. The second-order valence-electron chi connectivity index (χ2n) is 9.34. The number of carbonyl (C=O) groups excluding carboxylic acids is 2. The first-order valence-corrected chi connectivity index (χ1v) is 12.5. The number of hydrogen-bond acceptors (Lipinski definition) is 5. The molecule has 6 rings (SSSR count). The van der Waals surface area contributed by atoms with Gasteiger partial charge in [-0.1, -0.05) is 54.6 Å². The minimum atomic E-state index is -0.590. The molecule has 0 bridgehead atoms. The highest BCUT2D eigenvalue weighted by atomic mass is 16.7. The van der Waals surface area contributed by atoms with E-state index in [1.165, 1.54) is 0 Å². The summed E-state index contributed by atoms with van der Waals surface area (Å²) in [6.45, 7) is 5.42. The largest absolute Gasteiger partial charge is 0.489 e. The molecule has 3 aliphatic rings. The minimum absolute atomic E-state index is 0.118. The molecule has 0 aliphatic carbocycles. The monoisotopic (exact) mass is 509 g/mol. The summed E-state index contributed by atoms with van der Waals surface area (Å²) in [6, 6.07) is 22.3. The van der Waals surface area contributed by atoms with Crippen LogP contribution in [0.4, 0.5) is 4.79 Å². The van der Waals surface area contributed by atoms with Crippen molar-refractivity contribution in [2.24, 2.45) is 0 Å². The lowest BCUT2D eigenvalue weighted by Crippen LogP contribution is -2.47. The number of benzene rings is 3. The molecule has 3 heterocycles. The van der Waals surface area contributed by atoms with Gasteiger partial charge in [0.05, 0.1) is 23.9 Å². The van der Waals surface area contributed by atoms with Crippen molar-refractivity contribution in [2.45, 2.75) is 19.2 Å². The summed E-state index contributed by atoms with van der Waals surface area (Å²) in [6.07, 6.45) is 1.66. The van der Waals surface area contributed by atoms with Crippen LogP contribution in [0.2, 0.25) is 0 Å². The Morgan fingerprint density at radius 1 is 0.974 bits per heavy atom. The molecular weight excluding hydrogens is 482 g/mol. The zero-order valence-electron chi connectivity index (χ0n) is 20.8. The number of nitrogens with zero attached hydrogens (tertiary/aromatic N) is 2. The third kappa shape index (κ3) is 4.45. The molecule has 1 N–H and O–H groups in total. The van der Waals surface area contributed by atoms with Gasteiger partial charge in [0.1, 0.15) is 12.4 Å². The molecule has 0 spiro atoms. The van der Waals surface area contributed by atoms with E-state index in [0.29, 0.717) is 54.8 Å². The van der Waals surface area contributed by atoms with E-state index in [1.807, 2.05) is 72.8 Å². The van der Waals surface area contributed by atoms with Crippen molar-refractivity contribution >= 4 is 11.9 Å². The van der Waals surface area contributed by atoms with Gasteiger partial charge in [0.2, 0.25) is 6.79 Å². The van der Waals surface area contributed by atoms with E-state index >= 15 is 0 Å². The quantitative estimate of drug-likeness (QED) is 0.451. The molecule has 8 heteroatoms. The molecule has 1 unspecified atom stereocenters. The number of fused-ring (bicyclic) bond motifs is 1. The Bertz CT molecular complexity index is 1430. The SMILES string of the molecule is C=CCN1C(=O)NC(c2cccc(OCc3ccccc3)c2)C2=C1CN(Cc1ccc3c(c1)OCO3)C2=O. The Hall–Kier alpha value is -4.72. The summed E-state index contributed by atoms with van der Waals surface area (Å²) in [5.41, 5.74) is 4.02. The number of carbonyl (C=O) groups is 2. The second kappa shape index (κ2) is 9.97. The number of urea groups is 1. The summed E-state index contributed by atoms with van der Waals surface area (Å²) in [5.74, 6) is 1.91. The zero-order chi connectivity index (χ0) is 26.1. The van der Waals surface area contributed by atoms with Crippen molar-refractivity contribution in [1.29, 1.82) is 0 Å². The van der Waals surface area contributed by atoms with Gasteiger partial charge in [0.25, 0.3) is 5.91 Å². The Morgan fingerprint density at radius 2 is 1.82 bits per heavy atom. The lowest BCUT2D eigenvalue weighted by Gasteiger charge is -2.33. The van der Waals surface area contributed by atoms with Gasteiger partial charge in [0.15, 0.2) is 11.5 Å². The first-order chi connectivity index (χ1) is 18.6. The first-order valence-electron chi connectivity index (χ1n) is 12.5. The Kier molecular flexibility index (Phi) is 6.21. The highest BCUT2D eigenvalue weighted by Crippen LogP contribution is 2.38. The van der Waals surface area contributed by atoms with Crippen LogP contribution < -0.4 is 19.5 Å². The van der Waals surface area contributed by atoms with Gasteiger partial charge in [0, 0.05) is 13.1 Å². The average molecular weight is 510 g/mol. The van der Waals surface area contributed by atoms with Crippen molar-refractivity contribution < 1.29 is 23.8 Å². The smallest absolute Gasteiger partial charge is 0.322 e. The van der Waals surface area contributed by atoms with Crippen molar-refractivity contribution in [3.8, 4) is 17.2 Å². The van der Waals surface area contributed by atoms with E-state index in [2.05, 4.69) is 11.9 Å². The van der Waals surface area contributed by atoms with Crippen LogP contribution in [0, 0.1) is 0 Å². The Morgan fingerprint density at radius 3 is 2.66 bits per heavy atom. The van der Waals surface area contributed by atoms with E-state index in [-0.39, 0.29) is 18.7 Å². The van der Waals surface area contributed by atoms with Crippen LogP contribution in [-0.4, -0.2) is 41.6 Å². The van der Waals surface area contributed by atoms with Gasteiger partial charge in [-0.15, -0.1) is 6.58 Å². The van der Waals surface area contributed by atoms with E-state index in [1.54, 1.807) is 15.9 Å².